The van der Waals surface area contributed by atoms with Gasteiger partial charge in [-0.1, -0.05) is 32.1 Å². The summed E-state index contributed by atoms with van der Waals surface area (Å²) in [5.41, 5.74) is 4.46. The molecule has 1 saturated heterocycles. The highest BCUT2D eigenvalue weighted by atomic mass is 32.2. The lowest BCUT2D eigenvalue weighted by atomic mass is 9.66. The molecule has 3 atom stereocenters. The van der Waals surface area contributed by atoms with Crippen LogP contribution < -0.4 is 11.1 Å². The van der Waals surface area contributed by atoms with Gasteiger partial charge in [0, 0.05) is 13.0 Å². The van der Waals surface area contributed by atoms with Crippen LogP contribution in [0, 0.1) is 28.6 Å². The Hall–Kier alpha value is -3.69. The summed E-state index contributed by atoms with van der Waals surface area (Å²) in [6.45, 7) is 3.41. The first-order chi connectivity index (χ1) is 18.9. The molecule has 1 aromatic rings. The number of nitriles is 1. The van der Waals surface area contributed by atoms with Crippen molar-refractivity contribution in [2.24, 2.45) is 23.0 Å². The van der Waals surface area contributed by atoms with Crippen LogP contribution in [0.25, 0.3) is 0 Å². The van der Waals surface area contributed by atoms with Crippen molar-refractivity contribution in [3.05, 3.63) is 53.5 Å². The summed E-state index contributed by atoms with van der Waals surface area (Å²) < 4.78 is 38.4. The van der Waals surface area contributed by atoms with Crippen molar-refractivity contribution in [3.8, 4) is 6.07 Å². The smallest absolute Gasteiger partial charge is 0.244 e. The van der Waals surface area contributed by atoms with Gasteiger partial charge in [0.05, 0.1) is 48.6 Å². The van der Waals surface area contributed by atoms with Crippen molar-refractivity contribution in [1.29, 1.82) is 5.26 Å². The van der Waals surface area contributed by atoms with E-state index in [4.69, 9.17) is 15.2 Å². The second-order valence-corrected chi connectivity index (χ2v) is 12.3. The predicted molar refractivity (Wildman–Crippen MR) is 145 cm³/mol. The number of rotatable bonds is 10. The molecule has 2 aliphatic rings. The molecule has 1 fully saturated rings. The van der Waals surface area contributed by atoms with Crippen LogP contribution in [0.5, 0.6) is 0 Å². The number of nitrogens with two attached hydrogens (primary N) is 1. The van der Waals surface area contributed by atoms with E-state index in [2.05, 4.69) is 5.32 Å². The molecule has 1 aliphatic heterocycles. The molecule has 1 aromatic carbocycles. The number of primary amides is 1. The Morgan fingerprint density at radius 2 is 1.95 bits per heavy atom. The molecule has 0 bridgehead atoms. The van der Waals surface area contributed by atoms with Crippen molar-refractivity contribution >= 4 is 27.6 Å². The second kappa shape index (κ2) is 12.7. The number of benzene rings is 1. The number of allylic oxidation sites excluding steroid dienone is 2. The molecule has 11 nitrogen and oxygen atoms in total. The van der Waals surface area contributed by atoms with Gasteiger partial charge >= 0.3 is 0 Å². The number of hydrogen-bond donors (Lipinski definition) is 2. The largest absolute Gasteiger partial charge is 0.497 e. The number of methoxy groups -OCH3 is 2. The van der Waals surface area contributed by atoms with E-state index < -0.39 is 51.5 Å². The number of ketones is 1. The Labute approximate surface area is 235 Å². The summed E-state index contributed by atoms with van der Waals surface area (Å²) in [5, 5.41) is 12.2. The van der Waals surface area contributed by atoms with E-state index in [1.165, 1.54) is 32.4 Å². The van der Waals surface area contributed by atoms with Crippen LogP contribution in [0.4, 0.5) is 0 Å². The third kappa shape index (κ3) is 6.21. The molecular weight excluding hydrogens is 536 g/mol. The summed E-state index contributed by atoms with van der Waals surface area (Å²) in [7, 11) is -1.22. The number of nitrogens with one attached hydrogen (secondary N) is 1. The third-order valence-corrected chi connectivity index (χ3v) is 9.30. The number of sulfonamides is 1. The molecule has 1 aliphatic carbocycles. The number of carbonyl (C=O) groups is 3. The van der Waals surface area contributed by atoms with Gasteiger partial charge in [-0.3, -0.25) is 14.4 Å². The number of amides is 2. The average Bonchev–Trinajstić information content (AvgIpc) is 3.12. The zero-order valence-electron chi connectivity index (χ0n) is 23.2. The van der Waals surface area contributed by atoms with E-state index in [1.807, 2.05) is 19.9 Å². The van der Waals surface area contributed by atoms with Gasteiger partial charge in [0.25, 0.3) is 0 Å². The fourth-order valence-electron chi connectivity index (χ4n) is 5.24. The number of nitrogens with zero attached hydrogens (tertiary/aromatic N) is 2. The number of Topliss-reactive ketones (excluding diaryl/α,β-unsaturated/α-hetero) is 1. The minimum atomic E-state index is -4.12. The Bertz CT molecular complexity index is 1360. The lowest BCUT2D eigenvalue weighted by Gasteiger charge is -2.38. The molecule has 0 aromatic heterocycles. The van der Waals surface area contributed by atoms with Crippen molar-refractivity contribution in [3.63, 3.8) is 0 Å². The topological polar surface area (TPSA) is 169 Å². The Balaban J connectivity index is 1.87. The van der Waals surface area contributed by atoms with Gasteiger partial charge in [-0.25, -0.2) is 8.42 Å². The molecule has 0 radical (unpaired) electrons. The van der Waals surface area contributed by atoms with Gasteiger partial charge in [-0.15, -0.1) is 0 Å². The molecule has 40 heavy (non-hydrogen) atoms. The van der Waals surface area contributed by atoms with Gasteiger partial charge in [-0.2, -0.15) is 9.57 Å². The first-order valence-corrected chi connectivity index (χ1v) is 14.5. The van der Waals surface area contributed by atoms with E-state index in [0.29, 0.717) is 24.4 Å². The fraction of sp³-hybridized carbons (Fsp3) is 0.500. The summed E-state index contributed by atoms with van der Waals surface area (Å²) >= 11 is 0. The quantitative estimate of drug-likeness (QED) is 0.429. The highest BCUT2D eigenvalue weighted by Crippen LogP contribution is 2.44. The zero-order chi connectivity index (χ0) is 29.7. The zero-order valence-corrected chi connectivity index (χ0v) is 24.0. The first-order valence-electron chi connectivity index (χ1n) is 13.0. The van der Waals surface area contributed by atoms with Crippen LogP contribution in [-0.4, -0.2) is 63.7 Å². The minimum Gasteiger partial charge on any atom is -0.497 e. The molecule has 3 rings (SSSR count). The molecule has 0 saturated carbocycles. The summed E-state index contributed by atoms with van der Waals surface area (Å²) in [5.74, 6) is -1.87. The van der Waals surface area contributed by atoms with Gasteiger partial charge in [0.15, 0.2) is 11.5 Å². The number of carbonyl (C=O) groups excluding carboxylic acids is 3. The van der Waals surface area contributed by atoms with Crippen LogP contribution >= 0.6 is 0 Å². The third-order valence-electron chi connectivity index (χ3n) is 7.39. The van der Waals surface area contributed by atoms with E-state index >= 15 is 0 Å². The fourth-order valence-corrected chi connectivity index (χ4v) is 6.82. The van der Waals surface area contributed by atoms with E-state index in [-0.39, 0.29) is 35.8 Å². The van der Waals surface area contributed by atoms with Gasteiger partial charge in [-0.05, 0) is 43.4 Å². The number of hydrogen-bond acceptors (Lipinski definition) is 8. The van der Waals surface area contributed by atoms with Crippen LogP contribution in [0.2, 0.25) is 0 Å². The lowest BCUT2D eigenvalue weighted by Crippen LogP contribution is -2.53. The van der Waals surface area contributed by atoms with Crippen molar-refractivity contribution in [1.82, 2.24) is 9.62 Å². The SMILES string of the molecule is COC1=C(OC)C[C@@](C(N)=O)(C(CC(C)C)C(=O)NC2CCCN(S(=O)(=O)c3ccccc3C#N)CC2=O)C=C1. The molecule has 12 heteroatoms. The lowest BCUT2D eigenvalue weighted by molar-refractivity contribution is -0.140. The normalized spacial score (nSPS) is 22.8. The summed E-state index contributed by atoms with van der Waals surface area (Å²) in [4.78, 5) is 39.8. The van der Waals surface area contributed by atoms with Crippen LogP contribution in [0.15, 0.2) is 52.8 Å². The second-order valence-electron chi connectivity index (χ2n) is 10.4. The van der Waals surface area contributed by atoms with E-state index in [1.54, 1.807) is 18.2 Å². The molecule has 0 spiro atoms. The maximum absolute atomic E-state index is 13.8. The summed E-state index contributed by atoms with van der Waals surface area (Å²) in [6.07, 6.45) is 3.94. The monoisotopic (exact) mass is 572 g/mol. The number of ether oxygens (including phenoxy) is 2. The van der Waals surface area contributed by atoms with Crippen molar-refractivity contribution < 1.29 is 32.3 Å². The van der Waals surface area contributed by atoms with E-state index in [9.17, 15) is 28.1 Å². The minimum absolute atomic E-state index is 0.00448. The molecule has 2 unspecified atom stereocenters. The Morgan fingerprint density at radius 3 is 2.55 bits per heavy atom. The van der Waals surface area contributed by atoms with Gasteiger partial charge in [0.1, 0.15) is 11.8 Å². The molecule has 3 N–H and O–H groups in total. The van der Waals surface area contributed by atoms with Crippen LogP contribution in [-0.2, 0) is 33.9 Å². The standard InChI is InChI=1S/C28H36N4O7S/c1-18(2)14-20(28(27(30)35)12-11-23(38-3)24(15-28)39-4)26(34)31-21-9-7-13-32(17-22(21)33)40(36,37)25-10-6-5-8-19(25)16-29/h5-6,8,10-12,18,20-21H,7,9,13-15,17H2,1-4H3,(H2,30,35)(H,31,34)/t20?,21?,28-/m1/s1. The Kier molecular flexibility index (Phi) is 9.76. The highest BCUT2D eigenvalue weighted by Gasteiger charge is 2.49. The average molecular weight is 573 g/mol. The Morgan fingerprint density at radius 1 is 1.25 bits per heavy atom. The predicted octanol–water partition coefficient (Wildman–Crippen LogP) is 1.99. The molecule has 2 amide bonds. The van der Waals surface area contributed by atoms with Crippen molar-refractivity contribution in [2.45, 2.75) is 50.5 Å². The van der Waals surface area contributed by atoms with Crippen molar-refractivity contribution in [2.75, 3.05) is 27.3 Å². The first kappa shape index (κ1) is 30.8. The maximum atomic E-state index is 13.8. The van der Waals surface area contributed by atoms with Crippen LogP contribution in [0.3, 0.4) is 0 Å². The maximum Gasteiger partial charge on any atom is 0.244 e. The van der Waals surface area contributed by atoms with Crippen LogP contribution in [0.1, 0.15) is 45.1 Å². The molecule has 216 valence electrons. The van der Waals surface area contributed by atoms with Gasteiger partial charge < -0.3 is 20.5 Å². The molecular formula is C28H36N4O7S. The highest BCUT2D eigenvalue weighted by molar-refractivity contribution is 7.89. The van der Waals surface area contributed by atoms with E-state index in [0.717, 1.165) is 4.31 Å². The molecule has 1 heterocycles. The summed E-state index contributed by atoms with van der Waals surface area (Å²) in [6, 6.07) is 6.72. The van der Waals surface area contributed by atoms with Gasteiger partial charge in [0.2, 0.25) is 21.8 Å².